The van der Waals surface area contributed by atoms with Gasteiger partial charge in [-0.05, 0) is 110 Å². The molecule has 11 atom stereocenters. The summed E-state index contributed by atoms with van der Waals surface area (Å²) in [6, 6.07) is 8.01. The lowest BCUT2D eigenvalue weighted by atomic mass is 9.43. The number of nitrogens with two attached hydrogens (primary N) is 1. The van der Waals surface area contributed by atoms with Crippen LogP contribution in [0.15, 0.2) is 82.3 Å². The molecule has 3 aliphatic carbocycles. The minimum Gasteiger partial charge on any atom is -0.482 e. The lowest BCUT2D eigenvalue weighted by molar-refractivity contribution is -0.277. The molecule has 17 nitrogen and oxygen atoms in total. The Labute approximate surface area is 425 Å². The number of benzene rings is 2. The number of carbonyl (C=O) groups excluding carboxylic acids is 3. The summed E-state index contributed by atoms with van der Waals surface area (Å²) in [5, 5.41) is 65.4. The third-order valence-electron chi connectivity index (χ3n) is 15.4. The van der Waals surface area contributed by atoms with Crippen molar-refractivity contribution in [3.8, 4) is 29.1 Å². The molecule has 7 N–H and O–H groups in total. The van der Waals surface area contributed by atoms with Gasteiger partial charge in [0, 0.05) is 47.9 Å². The standard InChI is InChI=1S/C56H67N3O14/c1-27(2)12-11-21-54(8)22-20-34-46(72-54)33(18-13-28(3)4)48-40(47(34)71-52(66)31-14-16-32(17-15-31)69-53-45(63)44(62)43(61)38(26-60)70-53)42-41-39(36(25-57)50(58)59(42)9)35-24-37(29(5)6)56(41,73-48)55(67,49(35)64)23-19-30(7)51(65)68-10/h12-17,19-20,22,29,35,37-39,43-45,53,60-63,67H,11,18,21,23-24,26,58H2,1-10H3/b30-19-/t35?,37?,38-,39?,43-,44+,45-,53-,54?,55?,56?/m0/s1. The van der Waals surface area contributed by atoms with Crippen LogP contribution in [-0.2, 0) is 25.5 Å². The fourth-order valence-electron chi connectivity index (χ4n) is 11.5. The second-order valence-corrected chi connectivity index (χ2v) is 21.1. The molecule has 3 saturated carbocycles. The Hall–Kier alpha value is -6.26. The van der Waals surface area contributed by atoms with Gasteiger partial charge in [0.15, 0.2) is 22.7 Å². The Kier molecular flexibility index (Phi) is 14.4. The van der Waals surface area contributed by atoms with Gasteiger partial charge in [-0.15, -0.1) is 0 Å². The van der Waals surface area contributed by atoms with Crippen molar-refractivity contribution >= 4 is 29.5 Å². The number of hydrogen-bond donors (Lipinski definition) is 6. The molecule has 390 valence electrons. The zero-order valence-corrected chi connectivity index (χ0v) is 43.0. The van der Waals surface area contributed by atoms with E-state index in [0.717, 1.165) is 11.1 Å². The maximum atomic E-state index is 15.3. The molecular weight excluding hydrogens is 939 g/mol. The van der Waals surface area contributed by atoms with Crippen LogP contribution >= 0.6 is 0 Å². The summed E-state index contributed by atoms with van der Waals surface area (Å²) in [5.41, 5.74) is 6.44. The van der Waals surface area contributed by atoms with Gasteiger partial charge in [0.05, 0.1) is 47.7 Å². The first-order valence-electron chi connectivity index (χ1n) is 24.7. The zero-order valence-electron chi connectivity index (χ0n) is 43.0. The second kappa shape index (κ2) is 19.9. The molecule has 6 unspecified atom stereocenters. The lowest BCUT2D eigenvalue weighted by Gasteiger charge is -2.66. The number of methoxy groups -OCH3 is 1. The van der Waals surface area contributed by atoms with Crippen LogP contribution < -0.4 is 24.7 Å². The van der Waals surface area contributed by atoms with Gasteiger partial charge in [-0.1, -0.05) is 43.2 Å². The molecule has 0 radical (unpaired) electrons. The normalized spacial score (nSPS) is 30.9. The van der Waals surface area contributed by atoms with Gasteiger partial charge in [0.1, 0.15) is 53.1 Å². The quantitative estimate of drug-likeness (QED) is 0.0573. The highest BCUT2D eigenvalue weighted by Crippen LogP contribution is 2.70. The smallest absolute Gasteiger partial charge is 0.343 e. The summed E-state index contributed by atoms with van der Waals surface area (Å²) in [5.74, 6) is -3.94. The number of nitrogens with zero attached hydrogens (tertiary/aromatic N) is 2. The molecule has 73 heavy (non-hydrogen) atoms. The summed E-state index contributed by atoms with van der Waals surface area (Å²) in [4.78, 5) is 44.6. The zero-order chi connectivity index (χ0) is 53.2. The van der Waals surface area contributed by atoms with E-state index in [1.807, 2.05) is 66.7 Å². The lowest BCUT2D eigenvalue weighted by Crippen LogP contribution is -2.78. The summed E-state index contributed by atoms with van der Waals surface area (Å²) in [6.45, 7) is 14.8. The van der Waals surface area contributed by atoms with E-state index in [9.17, 15) is 40.4 Å². The van der Waals surface area contributed by atoms with Crippen LogP contribution in [0.2, 0.25) is 0 Å². The van der Waals surface area contributed by atoms with Crippen LogP contribution in [0, 0.1) is 35.0 Å². The van der Waals surface area contributed by atoms with Crippen molar-refractivity contribution < 1.29 is 68.3 Å². The molecule has 0 amide bonds. The molecule has 1 saturated heterocycles. The maximum absolute atomic E-state index is 15.3. The fraction of sp³-hybridized carbons (Fsp3) is 0.500. The molecule has 2 aromatic rings. The molecule has 2 aromatic carbocycles. The number of fused-ring (bicyclic) bond motifs is 5. The second-order valence-electron chi connectivity index (χ2n) is 21.1. The first kappa shape index (κ1) is 53.0. The SMILES string of the molecule is COC(=O)/C(C)=C\CC1(O)C(=O)C2CC(C(C)C)C13Oc1c(CC=C(C)C)c4c(c(OC(=O)c5ccc(O[C@H]6O[C@@H](CO)[C@H](O)[C@@H](O)[C@@H]6O)cc5)c1C1=C3C2C(C#N)=C(N)N1C)C=CC(C)(CCC=C(C)C)O4. The van der Waals surface area contributed by atoms with Crippen LogP contribution in [0.1, 0.15) is 108 Å². The Morgan fingerprint density at radius 2 is 1.68 bits per heavy atom. The van der Waals surface area contributed by atoms with Crippen molar-refractivity contribution in [2.75, 3.05) is 20.8 Å². The van der Waals surface area contributed by atoms with Crippen LogP contribution in [0.25, 0.3) is 11.8 Å². The molecule has 2 bridgehead atoms. The minimum atomic E-state index is -2.32. The summed E-state index contributed by atoms with van der Waals surface area (Å²) in [6.07, 6.45) is 3.20. The number of rotatable bonds is 14. The molecular formula is C56H67N3O14. The van der Waals surface area contributed by atoms with Crippen LogP contribution in [0.5, 0.6) is 23.0 Å². The Morgan fingerprint density at radius 1 is 1.00 bits per heavy atom. The predicted octanol–water partition coefficient (Wildman–Crippen LogP) is 5.72. The molecule has 7 aliphatic rings. The van der Waals surface area contributed by atoms with E-state index in [1.54, 1.807) is 18.9 Å². The molecule has 4 aliphatic heterocycles. The number of esters is 2. The van der Waals surface area contributed by atoms with Gasteiger partial charge in [-0.2, -0.15) is 5.26 Å². The number of allylic oxidation sites excluding steroid dienone is 5. The van der Waals surface area contributed by atoms with Gasteiger partial charge < -0.3 is 64.6 Å². The molecule has 9 rings (SSSR count). The van der Waals surface area contributed by atoms with Gasteiger partial charge in [-0.3, -0.25) is 4.79 Å². The third-order valence-corrected chi connectivity index (χ3v) is 15.4. The summed E-state index contributed by atoms with van der Waals surface area (Å²) in [7, 11) is 2.93. The number of ketones is 1. The molecule has 0 aromatic heterocycles. The van der Waals surface area contributed by atoms with E-state index in [4.69, 9.17) is 34.2 Å². The van der Waals surface area contributed by atoms with Crippen molar-refractivity contribution in [2.24, 2.45) is 29.4 Å². The number of aliphatic hydroxyl groups excluding tert-OH is 4. The Morgan fingerprint density at radius 3 is 2.30 bits per heavy atom. The Balaban J connectivity index is 1.37. The predicted molar refractivity (Wildman–Crippen MR) is 267 cm³/mol. The summed E-state index contributed by atoms with van der Waals surface area (Å²) < 4.78 is 37.8. The van der Waals surface area contributed by atoms with Crippen LogP contribution in [-0.4, -0.2) is 116 Å². The molecule has 17 heteroatoms. The van der Waals surface area contributed by atoms with Crippen molar-refractivity contribution in [3.05, 3.63) is 105 Å². The average Bonchev–Trinajstić information content (AvgIpc) is 3.35. The highest BCUT2D eigenvalue weighted by atomic mass is 16.7. The molecule has 1 spiro atoms. The van der Waals surface area contributed by atoms with E-state index in [2.05, 4.69) is 12.1 Å². The van der Waals surface area contributed by atoms with Crippen molar-refractivity contribution in [1.29, 1.82) is 5.26 Å². The number of carbonyl (C=O) groups is 3. The largest absolute Gasteiger partial charge is 0.482 e. The average molecular weight is 1010 g/mol. The number of aliphatic hydroxyl groups is 5. The molecule has 4 fully saturated rings. The number of Topliss-reactive ketones (excluding diaryl/α,β-unsaturated/α-hetero) is 1. The number of hydrogen-bond acceptors (Lipinski definition) is 17. The number of ether oxygens (including phenoxy) is 6. The summed E-state index contributed by atoms with van der Waals surface area (Å²) >= 11 is 0. The molecule has 4 heterocycles. The van der Waals surface area contributed by atoms with Crippen molar-refractivity contribution in [3.63, 3.8) is 0 Å². The van der Waals surface area contributed by atoms with Crippen molar-refractivity contribution in [2.45, 2.75) is 135 Å². The Bertz CT molecular complexity index is 2830. The van der Waals surface area contributed by atoms with E-state index >= 15 is 4.79 Å². The van der Waals surface area contributed by atoms with Gasteiger partial charge in [0.2, 0.25) is 6.29 Å². The number of nitriles is 1. The van der Waals surface area contributed by atoms with Gasteiger partial charge in [-0.25, -0.2) is 9.59 Å². The van der Waals surface area contributed by atoms with Gasteiger partial charge >= 0.3 is 11.9 Å². The maximum Gasteiger partial charge on any atom is 0.343 e. The third kappa shape index (κ3) is 8.75. The first-order chi connectivity index (χ1) is 34.5. The van der Waals surface area contributed by atoms with E-state index in [1.165, 1.54) is 37.5 Å². The minimum absolute atomic E-state index is 0.0233. The van der Waals surface area contributed by atoms with E-state index in [0.29, 0.717) is 41.0 Å². The van der Waals surface area contributed by atoms with Crippen LogP contribution in [0.3, 0.4) is 0 Å². The highest BCUT2D eigenvalue weighted by Gasteiger charge is 2.77. The monoisotopic (exact) mass is 1010 g/mol. The van der Waals surface area contributed by atoms with E-state index in [-0.39, 0.29) is 70.5 Å². The van der Waals surface area contributed by atoms with E-state index < -0.39 is 89.6 Å². The highest BCUT2D eigenvalue weighted by molar-refractivity contribution is 6.02. The van der Waals surface area contributed by atoms with Gasteiger partial charge in [0.25, 0.3) is 0 Å². The van der Waals surface area contributed by atoms with Crippen molar-refractivity contribution in [1.82, 2.24) is 4.90 Å². The van der Waals surface area contributed by atoms with Crippen LogP contribution in [0.4, 0.5) is 0 Å². The fourth-order valence-corrected chi connectivity index (χ4v) is 11.5. The first-order valence-corrected chi connectivity index (χ1v) is 24.7. The topological polar surface area (TPSA) is 261 Å².